The molecule has 0 unspecified atom stereocenters. The number of morpholine rings is 1. The van der Waals surface area contributed by atoms with Crippen molar-refractivity contribution >= 4 is 17.5 Å². The molecule has 1 aromatic heterocycles. The maximum Gasteiger partial charge on any atom is 0.260 e. The molecule has 0 spiro atoms. The number of ether oxygens (including phenoxy) is 3. The predicted octanol–water partition coefficient (Wildman–Crippen LogP) is 1.16. The molecule has 166 valence electrons. The number of hydrogen-bond donors (Lipinski definition) is 1. The van der Waals surface area contributed by atoms with Crippen LogP contribution in [0.2, 0.25) is 0 Å². The summed E-state index contributed by atoms with van der Waals surface area (Å²) in [5.74, 6) is 0.314. The van der Waals surface area contributed by atoms with Gasteiger partial charge >= 0.3 is 0 Å². The Hall–Kier alpha value is -3.99. The Bertz CT molecular complexity index is 1060. The zero-order chi connectivity index (χ0) is 22.3. The second-order valence-corrected chi connectivity index (χ2v) is 6.90. The van der Waals surface area contributed by atoms with Gasteiger partial charge in [-0.2, -0.15) is 0 Å². The zero-order valence-electron chi connectivity index (χ0n) is 17.4. The van der Waals surface area contributed by atoms with Crippen molar-refractivity contribution in [1.29, 1.82) is 0 Å². The SMILES string of the molecule is COc1cc(C(=O)Nc2ccc(-n3cnnn3)cc2)ccc1OCC(=O)N1CCOCC1. The Labute approximate surface area is 183 Å². The van der Waals surface area contributed by atoms with Crippen LogP contribution in [0.4, 0.5) is 5.69 Å². The van der Waals surface area contributed by atoms with Crippen molar-refractivity contribution in [1.82, 2.24) is 25.1 Å². The smallest absolute Gasteiger partial charge is 0.260 e. The second kappa shape index (κ2) is 9.88. The molecule has 0 aliphatic carbocycles. The highest BCUT2D eigenvalue weighted by molar-refractivity contribution is 6.04. The summed E-state index contributed by atoms with van der Waals surface area (Å²) in [6.07, 6.45) is 1.48. The number of tetrazole rings is 1. The lowest BCUT2D eigenvalue weighted by Gasteiger charge is -2.26. The standard InChI is InChI=1S/C21H22N6O5/c1-30-19-12-15(2-7-18(19)32-13-20(28)26-8-10-31-11-9-26)21(29)23-16-3-5-17(6-4-16)27-14-22-24-25-27/h2-7,12,14H,8-11,13H2,1H3,(H,23,29). The predicted molar refractivity (Wildman–Crippen MR) is 113 cm³/mol. The van der Waals surface area contributed by atoms with E-state index < -0.39 is 0 Å². The number of carbonyl (C=O) groups excluding carboxylic acids is 2. The van der Waals surface area contributed by atoms with Crippen molar-refractivity contribution in [3.63, 3.8) is 0 Å². The van der Waals surface area contributed by atoms with Crippen molar-refractivity contribution in [2.75, 3.05) is 45.3 Å². The number of hydrogen-bond acceptors (Lipinski definition) is 8. The van der Waals surface area contributed by atoms with E-state index in [2.05, 4.69) is 20.8 Å². The summed E-state index contributed by atoms with van der Waals surface area (Å²) >= 11 is 0. The summed E-state index contributed by atoms with van der Waals surface area (Å²) in [6.45, 7) is 2.04. The van der Waals surface area contributed by atoms with Crippen molar-refractivity contribution < 1.29 is 23.8 Å². The maximum atomic E-state index is 12.7. The van der Waals surface area contributed by atoms with Gasteiger partial charge in [0.15, 0.2) is 18.1 Å². The summed E-state index contributed by atoms with van der Waals surface area (Å²) in [5, 5.41) is 13.8. The molecule has 0 radical (unpaired) electrons. The third-order valence-electron chi connectivity index (χ3n) is 4.88. The molecular formula is C21H22N6O5. The number of amides is 2. The first kappa shape index (κ1) is 21.2. The van der Waals surface area contributed by atoms with E-state index in [-0.39, 0.29) is 18.4 Å². The van der Waals surface area contributed by atoms with E-state index in [9.17, 15) is 9.59 Å². The first-order valence-electron chi connectivity index (χ1n) is 9.95. The molecule has 1 aliphatic heterocycles. The Morgan fingerprint density at radius 1 is 1.09 bits per heavy atom. The number of carbonyl (C=O) groups is 2. The van der Waals surface area contributed by atoms with Crippen molar-refractivity contribution in [2.24, 2.45) is 0 Å². The molecule has 2 amide bonds. The summed E-state index contributed by atoms with van der Waals surface area (Å²) < 4.78 is 17.7. The molecule has 32 heavy (non-hydrogen) atoms. The van der Waals surface area contributed by atoms with Gasteiger partial charge in [0.05, 0.1) is 26.0 Å². The van der Waals surface area contributed by atoms with Gasteiger partial charge in [-0.05, 0) is 52.9 Å². The fourth-order valence-electron chi connectivity index (χ4n) is 3.15. The van der Waals surface area contributed by atoms with E-state index in [1.165, 1.54) is 18.1 Å². The zero-order valence-corrected chi connectivity index (χ0v) is 17.4. The van der Waals surface area contributed by atoms with Crippen molar-refractivity contribution in [2.45, 2.75) is 0 Å². The van der Waals surface area contributed by atoms with Gasteiger partial charge in [0, 0.05) is 24.3 Å². The topological polar surface area (TPSA) is 121 Å². The Kier molecular flexibility index (Phi) is 6.56. The molecule has 0 saturated carbocycles. The van der Waals surface area contributed by atoms with Crippen molar-refractivity contribution in [3.8, 4) is 17.2 Å². The Morgan fingerprint density at radius 2 is 1.88 bits per heavy atom. The molecule has 2 heterocycles. The number of methoxy groups -OCH3 is 1. The number of aromatic nitrogens is 4. The van der Waals surface area contributed by atoms with Crippen LogP contribution in [-0.4, -0.2) is 76.9 Å². The molecule has 2 aromatic carbocycles. The van der Waals surface area contributed by atoms with E-state index >= 15 is 0 Å². The average Bonchev–Trinajstić information content (AvgIpc) is 3.38. The number of rotatable bonds is 7. The molecule has 0 bridgehead atoms. The highest BCUT2D eigenvalue weighted by Crippen LogP contribution is 2.28. The minimum Gasteiger partial charge on any atom is -0.493 e. The molecule has 1 fully saturated rings. The molecule has 4 rings (SSSR count). The fourth-order valence-corrected chi connectivity index (χ4v) is 3.15. The third-order valence-corrected chi connectivity index (χ3v) is 4.88. The van der Waals surface area contributed by atoms with Crippen LogP contribution in [0.1, 0.15) is 10.4 Å². The second-order valence-electron chi connectivity index (χ2n) is 6.90. The van der Waals surface area contributed by atoms with Gasteiger partial charge in [0.25, 0.3) is 11.8 Å². The molecule has 3 aromatic rings. The van der Waals surface area contributed by atoms with Crippen LogP contribution >= 0.6 is 0 Å². The highest BCUT2D eigenvalue weighted by Gasteiger charge is 2.18. The molecule has 1 aliphatic rings. The fraction of sp³-hybridized carbons (Fsp3) is 0.286. The van der Waals surface area contributed by atoms with Crippen LogP contribution < -0.4 is 14.8 Å². The van der Waals surface area contributed by atoms with Crippen LogP contribution in [0.3, 0.4) is 0 Å². The Morgan fingerprint density at radius 3 is 2.56 bits per heavy atom. The maximum absolute atomic E-state index is 12.7. The molecular weight excluding hydrogens is 416 g/mol. The highest BCUT2D eigenvalue weighted by atomic mass is 16.5. The largest absolute Gasteiger partial charge is 0.493 e. The summed E-state index contributed by atoms with van der Waals surface area (Å²) in [4.78, 5) is 26.6. The van der Waals surface area contributed by atoms with Crippen LogP contribution in [0.25, 0.3) is 5.69 Å². The van der Waals surface area contributed by atoms with Gasteiger partial charge in [-0.1, -0.05) is 0 Å². The number of benzene rings is 2. The summed E-state index contributed by atoms with van der Waals surface area (Å²) in [7, 11) is 1.48. The van der Waals surface area contributed by atoms with E-state index in [1.807, 2.05) is 0 Å². The number of nitrogens with zero attached hydrogens (tertiary/aromatic N) is 5. The van der Waals surface area contributed by atoms with Gasteiger partial charge in [-0.15, -0.1) is 5.10 Å². The van der Waals surface area contributed by atoms with E-state index in [4.69, 9.17) is 14.2 Å². The summed E-state index contributed by atoms with van der Waals surface area (Å²) in [5.41, 5.74) is 1.77. The minimum atomic E-state index is -0.311. The lowest BCUT2D eigenvalue weighted by molar-refractivity contribution is -0.137. The first-order chi connectivity index (χ1) is 15.6. The molecule has 1 N–H and O–H groups in total. The molecule has 11 heteroatoms. The van der Waals surface area contributed by atoms with Crippen LogP contribution in [0, 0.1) is 0 Å². The quantitative estimate of drug-likeness (QED) is 0.583. The summed E-state index contributed by atoms with van der Waals surface area (Å²) in [6, 6.07) is 11.9. The first-order valence-corrected chi connectivity index (χ1v) is 9.95. The number of anilines is 1. The van der Waals surface area contributed by atoms with Gasteiger partial charge < -0.3 is 24.4 Å². The molecule has 0 atom stereocenters. The van der Waals surface area contributed by atoms with E-state index in [0.29, 0.717) is 49.1 Å². The monoisotopic (exact) mass is 438 g/mol. The van der Waals surface area contributed by atoms with Crippen LogP contribution in [0.15, 0.2) is 48.8 Å². The lowest BCUT2D eigenvalue weighted by atomic mass is 10.1. The minimum absolute atomic E-state index is 0.116. The normalized spacial score (nSPS) is 13.5. The van der Waals surface area contributed by atoms with Crippen LogP contribution in [-0.2, 0) is 9.53 Å². The molecule has 11 nitrogen and oxygen atoms in total. The third kappa shape index (κ3) is 5.01. The van der Waals surface area contributed by atoms with E-state index in [1.54, 1.807) is 47.4 Å². The average molecular weight is 438 g/mol. The lowest BCUT2D eigenvalue weighted by Crippen LogP contribution is -2.43. The number of nitrogens with one attached hydrogen (secondary N) is 1. The van der Waals surface area contributed by atoms with Gasteiger partial charge in [0.1, 0.15) is 6.33 Å². The van der Waals surface area contributed by atoms with Gasteiger partial charge in [-0.25, -0.2) is 4.68 Å². The van der Waals surface area contributed by atoms with E-state index in [0.717, 1.165) is 5.69 Å². The van der Waals surface area contributed by atoms with Crippen LogP contribution in [0.5, 0.6) is 11.5 Å². The van der Waals surface area contributed by atoms with Crippen molar-refractivity contribution in [3.05, 3.63) is 54.4 Å². The Balaban J connectivity index is 1.38. The molecule has 1 saturated heterocycles. The van der Waals surface area contributed by atoms with Gasteiger partial charge in [0.2, 0.25) is 0 Å². The van der Waals surface area contributed by atoms with Gasteiger partial charge in [-0.3, -0.25) is 9.59 Å².